The summed E-state index contributed by atoms with van der Waals surface area (Å²) in [7, 11) is 0. The van der Waals surface area contributed by atoms with Gasteiger partial charge in [0.25, 0.3) is 5.91 Å². The molecule has 1 aliphatic carbocycles. The van der Waals surface area contributed by atoms with Gasteiger partial charge in [-0.2, -0.15) is 0 Å². The van der Waals surface area contributed by atoms with Crippen LogP contribution in [0, 0.1) is 11.8 Å². The van der Waals surface area contributed by atoms with Gasteiger partial charge >= 0.3 is 5.97 Å². The Kier molecular flexibility index (Phi) is 7.45. The van der Waals surface area contributed by atoms with Crippen LogP contribution in [-0.2, 0) is 20.8 Å². The number of esters is 1. The van der Waals surface area contributed by atoms with Gasteiger partial charge in [0, 0.05) is 11.6 Å². The van der Waals surface area contributed by atoms with E-state index in [9.17, 15) is 9.59 Å². The number of nitrogens with one attached hydrogen (secondary N) is 2. The highest BCUT2D eigenvalue weighted by molar-refractivity contribution is 5.91. The molecule has 1 aromatic rings. The van der Waals surface area contributed by atoms with Gasteiger partial charge < -0.3 is 19.7 Å². The van der Waals surface area contributed by atoms with Crippen molar-refractivity contribution < 1.29 is 24.0 Å². The van der Waals surface area contributed by atoms with Crippen molar-refractivity contribution in [1.29, 1.82) is 0 Å². The average Bonchev–Trinajstić information content (AvgIpc) is 2.71. The normalized spacial score (nSPS) is 25.9. The van der Waals surface area contributed by atoms with Crippen molar-refractivity contribution in [2.45, 2.75) is 45.7 Å². The van der Waals surface area contributed by atoms with Crippen LogP contribution in [0.5, 0.6) is 0 Å². The molecule has 154 valence electrons. The van der Waals surface area contributed by atoms with Crippen molar-refractivity contribution in [2.24, 2.45) is 11.8 Å². The average molecular weight is 390 g/mol. The van der Waals surface area contributed by atoms with Crippen LogP contribution in [-0.4, -0.2) is 50.8 Å². The fraction of sp³-hybridized carbons (Fsp3) is 0.636. The molecule has 6 heteroatoms. The Labute approximate surface area is 167 Å². The first-order chi connectivity index (χ1) is 13.5. The molecular weight excluding hydrogens is 356 g/mol. The molecular formula is C22H33N2O4+. The van der Waals surface area contributed by atoms with Crippen LogP contribution in [0.1, 0.15) is 49.0 Å². The molecule has 2 aliphatic rings. The molecule has 3 atom stereocenters. The zero-order valence-corrected chi connectivity index (χ0v) is 17.0. The van der Waals surface area contributed by atoms with Crippen LogP contribution in [0.2, 0.25) is 0 Å². The number of carbonyl (C=O) groups excluding carboxylic acids is 2. The Morgan fingerprint density at radius 1 is 1.14 bits per heavy atom. The molecule has 6 nitrogen and oxygen atoms in total. The van der Waals surface area contributed by atoms with Crippen molar-refractivity contribution in [2.75, 3.05) is 32.9 Å². The maximum Gasteiger partial charge on any atom is 0.338 e. The van der Waals surface area contributed by atoms with Gasteiger partial charge in [0.2, 0.25) is 0 Å². The van der Waals surface area contributed by atoms with E-state index in [1.165, 1.54) is 16.9 Å². The zero-order chi connectivity index (χ0) is 19.9. The van der Waals surface area contributed by atoms with Crippen molar-refractivity contribution in [3.63, 3.8) is 0 Å². The first-order valence-electron chi connectivity index (χ1n) is 10.5. The van der Waals surface area contributed by atoms with Crippen molar-refractivity contribution >= 4 is 11.9 Å². The lowest BCUT2D eigenvalue weighted by molar-refractivity contribution is -0.921. The fourth-order valence-corrected chi connectivity index (χ4v) is 4.13. The van der Waals surface area contributed by atoms with Crippen LogP contribution in [0.3, 0.4) is 0 Å². The van der Waals surface area contributed by atoms with Gasteiger partial charge in [-0.05, 0) is 30.4 Å². The van der Waals surface area contributed by atoms with Crippen molar-refractivity contribution in [1.82, 2.24) is 5.32 Å². The molecule has 1 amide bonds. The third-order valence-electron chi connectivity index (χ3n) is 6.23. The van der Waals surface area contributed by atoms with Crippen LogP contribution < -0.4 is 10.2 Å². The van der Waals surface area contributed by atoms with E-state index in [4.69, 9.17) is 9.47 Å². The summed E-state index contributed by atoms with van der Waals surface area (Å²) in [6.45, 7) is 8.75. The number of carbonyl (C=O) groups is 2. The van der Waals surface area contributed by atoms with Gasteiger partial charge in [-0.1, -0.05) is 38.8 Å². The second kappa shape index (κ2) is 10.0. The van der Waals surface area contributed by atoms with E-state index in [2.05, 4.69) is 19.2 Å². The largest absolute Gasteiger partial charge is 0.452 e. The molecule has 28 heavy (non-hydrogen) atoms. The molecule has 1 saturated heterocycles. The molecule has 0 spiro atoms. The van der Waals surface area contributed by atoms with Gasteiger partial charge in [0.1, 0.15) is 19.6 Å². The Morgan fingerprint density at radius 2 is 1.86 bits per heavy atom. The molecule has 0 bridgehead atoms. The summed E-state index contributed by atoms with van der Waals surface area (Å²) in [6.07, 6.45) is 3.35. The summed E-state index contributed by atoms with van der Waals surface area (Å²) in [5.74, 6) is 0.395. The van der Waals surface area contributed by atoms with Gasteiger partial charge in [0.15, 0.2) is 6.61 Å². The van der Waals surface area contributed by atoms with Gasteiger partial charge in [0.05, 0.1) is 18.8 Å². The maximum absolute atomic E-state index is 12.2. The van der Waals surface area contributed by atoms with E-state index >= 15 is 0 Å². The SMILES string of the molecule is C[C@@H]1[C@H](C)CCC[C@H]1NC(=O)COC(=O)c1ccc(C[NH+]2CCOCC2)cc1. The summed E-state index contributed by atoms with van der Waals surface area (Å²) in [4.78, 5) is 25.9. The van der Waals surface area contributed by atoms with E-state index in [-0.39, 0.29) is 18.6 Å². The first kappa shape index (κ1) is 20.8. The number of amides is 1. The quantitative estimate of drug-likeness (QED) is 0.718. The van der Waals surface area contributed by atoms with Crippen LogP contribution in [0.15, 0.2) is 24.3 Å². The Balaban J connectivity index is 1.43. The fourth-order valence-electron chi connectivity index (χ4n) is 4.13. The third kappa shape index (κ3) is 5.79. The Bertz CT molecular complexity index is 655. The van der Waals surface area contributed by atoms with Gasteiger partial charge in [-0.3, -0.25) is 4.79 Å². The molecule has 3 rings (SSSR count). The monoisotopic (exact) mass is 389 g/mol. The van der Waals surface area contributed by atoms with E-state index in [0.717, 1.165) is 45.7 Å². The topological polar surface area (TPSA) is 69.1 Å². The van der Waals surface area contributed by atoms with E-state index < -0.39 is 5.97 Å². The lowest BCUT2D eigenvalue weighted by Gasteiger charge is -2.34. The number of ether oxygens (including phenoxy) is 2. The highest BCUT2D eigenvalue weighted by Crippen LogP contribution is 2.29. The molecule has 2 N–H and O–H groups in total. The lowest BCUT2D eigenvalue weighted by Crippen LogP contribution is -3.12. The van der Waals surface area contributed by atoms with Crippen molar-refractivity contribution in [3.05, 3.63) is 35.4 Å². The summed E-state index contributed by atoms with van der Waals surface area (Å²) in [6, 6.07) is 7.66. The highest BCUT2D eigenvalue weighted by Gasteiger charge is 2.28. The smallest absolute Gasteiger partial charge is 0.338 e. The summed E-state index contributed by atoms with van der Waals surface area (Å²) >= 11 is 0. The predicted octanol–water partition coefficient (Wildman–Crippen LogP) is 1.20. The number of rotatable bonds is 6. The minimum absolute atomic E-state index is 0.178. The minimum Gasteiger partial charge on any atom is -0.452 e. The Morgan fingerprint density at radius 3 is 2.57 bits per heavy atom. The molecule has 2 fully saturated rings. The van der Waals surface area contributed by atoms with Crippen molar-refractivity contribution in [3.8, 4) is 0 Å². The Hall–Kier alpha value is -1.92. The van der Waals surface area contributed by atoms with Crippen LogP contribution >= 0.6 is 0 Å². The molecule has 1 saturated carbocycles. The summed E-state index contributed by atoms with van der Waals surface area (Å²) in [5, 5.41) is 3.03. The van der Waals surface area contributed by atoms with E-state index in [0.29, 0.717) is 17.4 Å². The van der Waals surface area contributed by atoms with Crippen LogP contribution in [0.25, 0.3) is 0 Å². The molecule has 0 unspecified atom stereocenters. The minimum atomic E-state index is -0.453. The van der Waals surface area contributed by atoms with E-state index in [1.54, 1.807) is 12.1 Å². The second-order valence-electron chi connectivity index (χ2n) is 8.25. The maximum atomic E-state index is 12.2. The van der Waals surface area contributed by atoms with Gasteiger partial charge in [-0.15, -0.1) is 0 Å². The lowest BCUT2D eigenvalue weighted by atomic mass is 9.78. The van der Waals surface area contributed by atoms with Gasteiger partial charge in [-0.25, -0.2) is 4.79 Å². The second-order valence-corrected chi connectivity index (χ2v) is 8.25. The predicted molar refractivity (Wildman–Crippen MR) is 106 cm³/mol. The third-order valence-corrected chi connectivity index (χ3v) is 6.23. The summed E-state index contributed by atoms with van der Waals surface area (Å²) < 4.78 is 10.6. The molecule has 0 aromatic heterocycles. The van der Waals surface area contributed by atoms with Crippen LogP contribution in [0.4, 0.5) is 0 Å². The number of morpholine rings is 1. The standard InChI is InChI=1S/C22H32N2O4/c1-16-4-3-5-20(17(16)2)23-21(25)15-28-22(26)19-8-6-18(7-9-19)14-24-10-12-27-13-11-24/h6-9,16-17,20H,3-5,10-15H2,1-2H3,(H,23,25)/p+1/t16-,17-,20-/m1/s1. The number of quaternary nitrogens is 1. The number of hydrogen-bond donors (Lipinski definition) is 2. The molecule has 1 aliphatic heterocycles. The molecule has 1 heterocycles. The highest BCUT2D eigenvalue weighted by atomic mass is 16.5. The molecule has 1 aromatic carbocycles. The number of hydrogen-bond acceptors (Lipinski definition) is 4. The zero-order valence-electron chi connectivity index (χ0n) is 17.0. The summed E-state index contributed by atoms with van der Waals surface area (Å²) in [5.41, 5.74) is 1.67. The first-order valence-corrected chi connectivity index (χ1v) is 10.5. The number of benzene rings is 1. The van der Waals surface area contributed by atoms with E-state index in [1.807, 2.05) is 12.1 Å². The molecule has 0 radical (unpaired) electrons.